The van der Waals surface area contributed by atoms with Crippen molar-refractivity contribution in [3.8, 4) is 0 Å². The van der Waals surface area contributed by atoms with Crippen LogP contribution in [0.2, 0.25) is 0 Å². The second-order valence-corrected chi connectivity index (χ2v) is 6.21. The lowest BCUT2D eigenvalue weighted by Crippen LogP contribution is -2.42. The van der Waals surface area contributed by atoms with Crippen molar-refractivity contribution in [3.63, 3.8) is 0 Å². The molecule has 4 nitrogen and oxygen atoms in total. The molecule has 0 aromatic carbocycles. The van der Waals surface area contributed by atoms with Gasteiger partial charge in [0.05, 0.1) is 0 Å². The third-order valence-corrected chi connectivity index (χ3v) is 4.33. The van der Waals surface area contributed by atoms with Crippen LogP contribution in [-0.4, -0.2) is 24.1 Å². The maximum Gasteiger partial charge on any atom is 0.323 e. The van der Waals surface area contributed by atoms with Crippen molar-refractivity contribution in [1.29, 1.82) is 0 Å². The summed E-state index contributed by atoms with van der Waals surface area (Å²) in [5.74, 6) is -0.634. The van der Waals surface area contributed by atoms with Crippen molar-refractivity contribution >= 4 is 11.9 Å². The molecule has 0 atom stereocenters. The van der Waals surface area contributed by atoms with E-state index in [1.54, 1.807) is 0 Å². The lowest BCUT2D eigenvalue weighted by molar-refractivity contribution is -0.175. The Morgan fingerprint density at radius 2 is 1.16 bits per heavy atom. The summed E-state index contributed by atoms with van der Waals surface area (Å²) in [4.78, 5) is 24.9. The summed E-state index contributed by atoms with van der Waals surface area (Å²) in [5.41, 5.74) is -0.998. The van der Waals surface area contributed by atoms with Crippen molar-refractivity contribution in [2.45, 2.75) is 76.4 Å². The van der Waals surface area contributed by atoms with Gasteiger partial charge in [0.1, 0.15) is 12.2 Å². The standard InChI is InChI=1S/C15H22O4/c16-13(18-11-5-6-11)15(9-3-1-2-4-10-15)14(17)19-12-7-8-12/h11-12H,1-10H2. The Morgan fingerprint density at radius 1 is 0.737 bits per heavy atom. The van der Waals surface area contributed by atoms with Gasteiger partial charge in [-0.2, -0.15) is 0 Å². The zero-order chi connectivity index (χ0) is 13.3. The third-order valence-electron chi connectivity index (χ3n) is 4.33. The number of hydrogen-bond donors (Lipinski definition) is 0. The number of carbonyl (C=O) groups is 2. The Hall–Kier alpha value is -1.06. The Morgan fingerprint density at radius 3 is 1.53 bits per heavy atom. The number of rotatable bonds is 4. The highest BCUT2D eigenvalue weighted by Gasteiger charge is 2.51. The first-order chi connectivity index (χ1) is 9.21. The second kappa shape index (κ2) is 5.14. The predicted molar refractivity (Wildman–Crippen MR) is 68.4 cm³/mol. The van der Waals surface area contributed by atoms with Crippen molar-refractivity contribution in [2.24, 2.45) is 5.41 Å². The van der Waals surface area contributed by atoms with E-state index in [0.29, 0.717) is 12.8 Å². The third kappa shape index (κ3) is 2.93. The van der Waals surface area contributed by atoms with Gasteiger partial charge in [-0.1, -0.05) is 25.7 Å². The van der Waals surface area contributed by atoms with Crippen LogP contribution < -0.4 is 0 Å². The molecule has 0 unspecified atom stereocenters. The van der Waals surface area contributed by atoms with Crippen LogP contribution in [0, 0.1) is 5.41 Å². The first-order valence-corrected chi connectivity index (χ1v) is 7.63. The molecule has 3 aliphatic rings. The van der Waals surface area contributed by atoms with E-state index in [1.807, 2.05) is 0 Å². The minimum atomic E-state index is -0.998. The zero-order valence-corrected chi connectivity index (χ0v) is 11.4. The first-order valence-electron chi connectivity index (χ1n) is 7.63. The van der Waals surface area contributed by atoms with Crippen LogP contribution in [0.5, 0.6) is 0 Å². The summed E-state index contributed by atoms with van der Waals surface area (Å²) < 4.78 is 10.9. The smallest absolute Gasteiger partial charge is 0.323 e. The van der Waals surface area contributed by atoms with Crippen LogP contribution in [0.3, 0.4) is 0 Å². The normalized spacial score (nSPS) is 26.3. The SMILES string of the molecule is O=C(OC1CC1)C1(C(=O)OC2CC2)CCCCCC1. The van der Waals surface area contributed by atoms with Crippen molar-refractivity contribution in [1.82, 2.24) is 0 Å². The van der Waals surface area contributed by atoms with Gasteiger partial charge >= 0.3 is 11.9 Å². The summed E-state index contributed by atoms with van der Waals surface area (Å²) in [6.45, 7) is 0. The van der Waals surface area contributed by atoms with Crippen molar-refractivity contribution in [2.75, 3.05) is 0 Å². The van der Waals surface area contributed by atoms with E-state index in [2.05, 4.69) is 0 Å². The van der Waals surface area contributed by atoms with Gasteiger partial charge in [-0.25, -0.2) is 0 Å². The minimum absolute atomic E-state index is 0.0568. The topological polar surface area (TPSA) is 52.6 Å². The van der Waals surface area contributed by atoms with Crippen LogP contribution in [-0.2, 0) is 19.1 Å². The van der Waals surface area contributed by atoms with Crippen LogP contribution >= 0.6 is 0 Å². The van der Waals surface area contributed by atoms with E-state index < -0.39 is 5.41 Å². The predicted octanol–water partition coefficient (Wildman–Crippen LogP) is 2.74. The number of ether oxygens (including phenoxy) is 2. The van der Waals surface area contributed by atoms with Gasteiger partial charge in [0.15, 0.2) is 5.41 Å². The molecule has 19 heavy (non-hydrogen) atoms. The molecule has 0 heterocycles. The molecular formula is C15H22O4. The molecule has 3 aliphatic carbocycles. The van der Waals surface area contributed by atoms with Crippen LogP contribution in [0.25, 0.3) is 0 Å². The van der Waals surface area contributed by atoms with Gasteiger partial charge in [-0.05, 0) is 38.5 Å². The monoisotopic (exact) mass is 266 g/mol. The van der Waals surface area contributed by atoms with Gasteiger partial charge in [-0.3, -0.25) is 9.59 Å². The summed E-state index contributed by atoms with van der Waals surface area (Å²) in [7, 11) is 0. The Kier molecular flexibility index (Phi) is 3.50. The fourth-order valence-electron chi connectivity index (χ4n) is 2.72. The Labute approximate surface area is 113 Å². The maximum absolute atomic E-state index is 12.4. The highest BCUT2D eigenvalue weighted by atomic mass is 16.6. The van der Waals surface area contributed by atoms with Gasteiger partial charge in [0.25, 0.3) is 0 Å². The Bertz CT molecular complexity index is 332. The summed E-state index contributed by atoms with van der Waals surface area (Å²) in [6, 6.07) is 0. The summed E-state index contributed by atoms with van der Waals surface area (Å²) in [6.07, 6.45) is 9.11. The van der Waals surface area contributed by atoms with Gasteiger partial charge in [0.2, 0.25) is 0 Å². The molecule has 0 radical (unpaired) electrons. The molecule has 106 valence electrons. The molecule has 0 aliphatic heterocycles. The molecule has 0 spiro atoms. The average molecular weight is 266 g/mol. The van der Waals surface area contributed by atoms with Crippen LogP contribution in [0.15, 0.2) is 0 Å². The highest BCUT2D eigenvalue weighted by Crippen LogP contribution is 2.41. The largest absolute Gasteiger partial charge is 0.462 e. The van der Waals surface area contributed by atoms with Crippen molar-refractivity contribution < 1.29 is 19.1 Å². The van der Waals surface area contributed by atoms with E-state index in [9.17, 15) is 9.59 Å². The molecule has 0 aromatic heterocycles. The molecule has 0 saturated heterocycles. The van der Waals surface area contributed by atoms with E-state index in [0.717, 1.165) is 51.4 Å². The maximum atomic E-state index is 12.4. The van der Waals surface area contributed by atoms with Crippen LogP contribution in [0.4, 0.5) is 0 Å². The highest BCUT2D eigenvalue weighted by molar-refractivity contribution is 6.00. The lowest BCUT2D eigenvalue weighted by Gasteiger charge is -2.28. The van der Waals surface area contributed by atoms with E-state index in [4.69, 9.17) is 9.47 Å². The summed E-state index contributed by atoms with van der Waals surface area (Å²) >= 11 is 0. The number of carbonyl (C=O) groups excluding carboxylic acids is 2. The fourth-order valence-corrected chi connectivity index (χ4v) is 2.72. The molecule has 3 saturated carbocycles. The molecular weight excluding hydrogens is 244 g/mol. The van der Waals surface area contributed by atoms with E-state index in [-0.39, 0.29) is 24.1 Å². The molecule has 3 rings (SSSR count). The summed E-state index contributed by atoms with van der Waals surface area (Å²) in [5, 5.41) is 0. The average Bonchev–Trinajstić information content (AvgIpc) is 3.25. The van der Waals surface area contributed by atoms with Gasteiger partial charge in [0, 0.05) is 0 Å². The molecule has 0 aromatic rings. The molecule has 4 heteroatoms. The lowest BCUT2D eigenvalue weighted by atomic mass is 9.80. The quantitative estimate of drug-likeness (QED) is 0.446. The Balaban J connectivity index is 1.74. The van der Waals surface area contributed by atoms with Crippen molar-refractivity contribution in [3.05, 3.63) is 0 Å². The second-order valence-electron chi connectivity index (χ2n) is 6.21. The van der Waals surface area contributed by atoms with E-state index in [1.165, 1.54) is 0 Å². The van der Waals surface area contributed by atoms with Gasteiger partial charge in [-0.15, -0.1) is 0 Å². The first kappa shape index (κ1) is 12.9. The zero-order valence-electron chi connectivity index (χ0n) is 11.4. The minimum Gasteiger partial charge on any atom is -0.462 e. The van der Waals surface area contributed by atoms with Gasteiger partial charge < -0.3 is 9.47 Å². The molecule has 3 fully saturated rings. The van der Waals surface area contributed by atoms with E-state index >= 15 is 0 Å². The number of esters is 2. The molecule has 0 amide bonds. The molecule has 0 N–H and O–H groups in total. The fraction of sp³-hybridized carbons (Fsp3) is 0.867. The number of hydrogen-bond acceptors (Lipinski definition) is 4. The molecule has 0 bridgehead atoms. The van der Waals surface area contributed by atoms with Crippen LogP contribution in [0.1, 0.15) is 64.2 Å².